The first-order chi connectivity index (χ1) is 17.5. The highest BCUT2D eigenvalue weighted by Crippen LogP contribution is 2.45. The Bertz CT molecular complexity index is 1450. The number of para-hydroxylation sites is 4. The molecule has 7 nitrogen and oxygen atoms in total. The highest BCUT2D eigenvalue weighted by Gasteiger charge is 2.40. The SMILES string of the molecule is COc1ccccc1CNC(=O)C1c2c(n(C)c3ccccc23)SCC(=O)N1c1ccccc1OC. The van der Waals surface area contributed by atoms with Crippen LogP contribution in [0.25, 0.3) is 10.9 Å². The van der Waals surface area contributed by atoms with Crippen molar-refractivity contribution < 1.29 is 19.1 Å². The number of fused-ring (bicyclic) bond motifs is 3. The number of hydrogen-bond donors (Lipinski definition) is 1. The van der Waals surface area contributed by atoms with Crippen LogP contribution in [0.15, 0.2) is 77.8 Å². The average Bonchev–Trinajstić information content (AvgIpc) is 3.09. The van der Waals surface area contributed by atoms with E-state index in [9.17, 15) is 9.59 Å². The topological polar surface area (TPSA) is 72.8 Å². The van der Waals surface area contributed by atoms with E-state index in [-0.39, 0.29) is 24.1 Å². The highest BCUT2D eigenvalue weighted by atomic mass is 32.2. The molecule has 8 heteroatoms. The summed E-state index contributed by atoms with van der Waals surface area (Å²) in [6.07, 6.45) is 0. The van der Waals surface area contributed by atoms with Crippen molar-refractivity contribution in [3.05, 3.63) is 83.9 Å². The first kappa shape index (κ1) is 23.8. The van der Waals surface area contributed by atoms with Crippen molar-refractivity contribution in [3.8, 4) is 11.5 Å². The molecule has 0 bridgehead atoms. The van der Waals surface area contributed by atoms with Crippen molar-refractivity contribution in [3.63, 3.8) is 0 Å². The molecule has 1 aliphatic rings. The van der Waals surface area contributed by atoms with Crippen molar-refractivity contribution in [2.75, 3.05) is 24.9 Å². The van der Waals surface area contributed by atoms with Gasteiger partial charge in [0.25, 0.3) is 0 Å². The summed E-state index contributed by atoms with van der Waals surface area (Å²) in [4.78, 5) is 29.3. The largest absolute Gasteiger partial charge is 0.496 e. The highest BCUT2D eigenvalue weighted by molar-refractivity contribution is 8.00. The van der Waals surface area contributed by atoms with E-state index in [4.69, 9.17) is 9.47 Å². The molecule has 0 fully saturated rings. The van der Waals surface area contributed by atoms with E-state index in [0.29, 0.717) is 17.2 Å². The molecule has 0 saturated carbocycles. The molecule has 4 aromatic rings. The van der Waals surface area contributed by atoms with Crippen LogP contribution in [0.4, 0.5) is 5.69 Å². The summed E-state index contributed by atoms with van der Waals surface area (Å²) in [5, 5.41) is 4.91. The molecule has 2 heterocycles. The van der Waals surface area contributed by atoms with Crippen molar-refractivity contribution in [1.82, 2.24) is 9.88 Å². The van der Waals surface area contributed by atoms with Crippen LogP contribution in [-0.2, 0) is 23.2 Å². The molecule has 1 aliphatic heterocycles. The minimum absolute atomic E-state index is 0.165. The lowest BCUT2D eigenvalue weighted by Crippen LogP contribution is -2.44. The monoisotopic (exact) mass is 501 g/mol. The van der Waals surface area contributed by atoms with Gasteiger partial charge in [0.15, 0.2) is 0 Å². The molecule has 3 aromatic carbocycles. The molecule has 1 atom stereocenters. The summed E-state index contributed by atoms with van der Waals surface area (Å²) in [5.41, 5.74) is 3.23. The van der Waals surface area contributed by atoms with Crippen LogP contribution >= 0.6 is 11.8 Å². The Labute approximate surface area is 214 Å². The molecular weight excluding hydrogens is 474 g/mol. The molecule has 1 unspecified atom stereocenters. The van der Waals surface area contributed by atoms with Crippen molar-refractivity contribution in [1.29, 1.82) is 0 Å². The second-order valence-electron chi connectivity index (χ2n) is 8.45. The first-order valence-corrected chi connectivity index (χ1v) is 12.6. The van der Waals surface area contributed by atoms with E-state index < -0.39 is 6.04 Å². The van der Waals surface area contributed by atoms with Gasteiger partial charge in [-0.2, -0.15) is 0 Å². The number of nitrogens with one attached hydrogen (secondary N) is 1. The molecule has 0 aliphatic carbocycles. The number of ether oxygens (including phenoxy) is 2. The molecule has 1 aromatic heterocycles. The number of carbonyl (C=O) groups is 2. The number of aryl methyl sites for hydroxylation is 1. The van der Waals surface area contributed by atoms with Crippen LogP contribution in [-0.4, -0.2) is 36.4 Å². The van der Waals surface area contributed by atoms with Crippen molar-refractivity contribution >= 4 is 40.2 Å². The Kier molecular flexibility index (Phi) is 6.61. The Morgan fingerprint density at radius 1 is 0.972 bits per heavy atom. The maximum Gasteiger partial charge on any atom is 0.248 e. The minimum Gasteiger partial charge on any atom is -0.496 e. The van der Waals surface area contributed by atoms with E-state index >= 15 is 0 Å². The lowest BCUT2D eigenvalue weighted by molar-refractivity contribution is -0.125. The van der Waals surface area contributed by atoms with Crippen LogP contribution in [0.1, 0.15) is 17.2 Å². The van der Waals surface area contributed by atoms with E-state index in [1.807, 2.05) is 73.8 Å². The third-order valence-electron chi connectivity index (χ3n) is 6.46. The first-order valence-electron chi connectivity index (χ1n) is 11.6. The summed E-state index contributed by atoms with van der Waals surface area (Å²) < 4.78 is 13.1. The summed E-state index contributed by atoms with van der Waals surface area (Å²) in [6, 6.07) is 21.9. The number of rotatable bonds is 6. The number of methoxy groups -OCH3 is 2. The van der Waals surface area contributed by atoms with Gasteiger partial charge in [-0.15, -0.1) is 0 Å². The maximum absolute atomic E-state index is 14.1. The number of benzene rings is 3. The van der Waals surface area contributed by atoms with E-state index in [1.165, 1.54) is 11.8 Å². The van der Waals surface area contributed by atoms with Crippen LogP contribution in [0, 0.1) is 0 Å². The minimum atomic E-state index is -0.889. The fourth-order valence-electron chi connectivity index (χ4n) is 4.79. The smallest absolute Gasteiger partial charge is 0.248 e. The molecule has 36 heavy (non-hydrogen) atoms. The molecule has 0 radical (unpaired) electrons. The third kappa shape index (κ3) is 4.07. The molecule has 5 rings (SSSR count). The molecule has 184 valence electrons. The van der Waals surface area contributed by atoms with Crippen LogP contribution in [0.5, 0.6) is 11.5 Å². The third-order valence-corrected chi connectivity index (χ3v) is 7.62. The Balaban J connectivity index is 1.66. The zero-order valence-electron chi connectivity index (χ0n) is 20.4. The number of hydrogen-bond acceptors (Lipinski definition) is 5. The Hall–Kier alpha value is -3.91. The number of carbonyl (C=O) groups excluding carboxylic acids is 2. The fourth-order valence-corrected chi connectivity index (χ4v) is 5.86. The number of aromatic nitrogens is 1. The Morgan fingerprint density at radius 2 is 1.64 bits per heavy atom. The van der Waals surface area contributed by atoms with Gasteiger partial charge in [-0.3, -0.25) is 14.5 Å². The van der Waals surface area contributed by atoms with E-state index in [2.05, 4.69) is 9.88 Å². The van der Waals surface area contributed by atoms with Crippen LogP contribution < -0.4 is 19.7 Å². The molecule has 1 N–H and O–H groups in total. The van der Waals surface area contributed by atoms with Gasteiger partial charge in [-0.25, -0.2) is 0 Å². The van der Waals surface area contributed by atoms with Gasteiger partial charge >= 0.3 is 0 Å². The summed E-state index contributed by atoms with van der Waals surface area (Å²) in [7, 11) is 5.14. The predicted molar refractivity (Wildman–Crippen MR) is 142 cm³/mol. The summed E-state index contributed by atoms with van der Waals surface area (Å²) >= 11 is 1.45. The zero-order valence-corrected chi connectivity index (χ0v) is 21.2. The molecular formula is C28H27N3O4S. The number of thioether (sulfide) groups is 1. The van der Waals surface area contributed by atoms with Gasteiger partial charge in [-0.05, 0) is 24.3 Å². The lowest BCUT2D eigenvalue weighted by atomic mass is 10.0. The standard InChI is InChI=1S/C28H27N3O4S/c1-30-20-12-6-5-11-19(20)25-26(27(33)29-16-18-10-4-8-14-22(18)34-2)31(24(32)17-36-28(25)30)21-13-7-9-15-23(21)35-3/h4-15,26H,16-17H2,1-3H3,(H,29,33). The average molecular weight is 502 g/mol. The number of anilines is 1. The Morgan fingerprint density at radius 3 is 2.42 bits per heavy atom. The zero-order chi connectivity index (χ0) is 25.2. The second kappa shape index (κ2) is 9.99. The van der Waals surface area contributed by atoms with Crippen LogP contribution in [0.3, 0.4) is 0 Å². The number of amides is 2. The normalized spacial score (nSPS) is 15.4. The van der Waals surface area contributed by atoms with Gasteiger partial charge in [0.05, 0.1) is 30.7 Å². The summed E-state index contributed by atoms with van der Waals surface area (Å²) in [5.74, 6) is 0.980. The van der Waals surface area contributed by atoms with Crippen molar-refractivity contribution in [2.45, 2.75) is 17.6 Å². The fraction of sp³-hybridized carbons (Fsp3) is 0.214. The van der Waals surface area contributed by atoms with Gasteiger partial charge in [0.1, 0.15) is 17.5 Å². The molecule has 0 saturated heterocycles. The maximum atomic E-state index is 14.1. The predicted octanol–water partition coefficient (Wildman–Crippen LogP) is 4.69. The van der Waals surface area contributed by atoms with Gasteiger partial charge in [0.2, 0.25) is 11.8 Å². The van der Waals surface area contributed by atoms with Gasteiger partial charge in [0, 0.05) is 35.6 Å². The van der Waals surface area contributed by atoms with Crippen molar-refractivity contribution in [2.24, 2.45) is 7.05 Å². The van der Waals surface area contributed by atoms with E-state index in [0.717, 1.165) is 27.1 Å². The van der Waals surface area contributed by atoms with Gasteiger partial charge < -0.3 is 19.4 Å². The molecule has 0 spiro atoms. The lowest BCUT2D eigenvalue weighted by Gasteiger charge is -2.31. The summed E-state index contributed by atoms with van der Waals surface area (Å²) in [6.45, 7) is 0.264. The second-order valence-corrected chi connectivity index (χ2v) is 9.42. The van der Waals surface area contributed by atoms with E-state index in [1.54, 1.807) is 25.2 Å². The molecule has 2 amide bonds. The quantitative estimate of drug-likeness (QED) is 0.415. The van der Waals surface area contributed by atoms with Gasteiger partial charge in [-0.1, -0.05) is 60.3 Å². The number of nitrogens with zero attached hydrogens (tertiary/aromatic N) is 2. The van der Waals surface area contributed by atoms with Crippen LogP contribution in [0.2, 0.25) is 0 Å².